The van der Waals surface area contributed by atoms with Gasteiger partial charge in [0, 0.05) is 11.3 Å². The Hall–Kier alpha value is -2.18. The number of thioether (sulfide) groups is 1. The third-order valence-electron chi connectivity index (χ3n) is 3.69. The van der Waals surface area contributed by atoms with E-state index in [4.69, 9.17) is 16.3 Å². The van der Waals surface area contributed by atoms with E-state index in [-0.39, 0.29) is 11.8 Å². The molecule has 0 saturated heterocycles. The molecule has 2 aromatic rings. The molecule has 7 heteroatoms. The lowest BCUT2D eigenvalue weighted by Gasteiger charge is -2.18. The van der Waals surface area contributed by atoms with Gasteiger partial charge in [0.25, 0.3) is 5.91 Å². The molecule has 26 heavy (non-hydrogen) atoms. The Kier molecular flexibility index (Phi) is 7.81. The number of nitrogens with one attached hydrogen (secondary N) is 2. The number of carbonyl (C=O) groups is 2. The maximum Gasteiger partial charge on any atom is 0.251 e. The standard InChI is InChI=1S/C19H21ClN2O3S/c1-25-17-9-8-14(12-15(17)20)21-19(24)16(10-11-26-2)22-18(23)13-6-4-3-5-7-13/h3-9,12,16H,10-11H2,1-2H3,(H,21,24)(H,22,23)/t16-/m0/s1. The maximum absolute atomic E-state index is 12.6. The van der Waals surface area contributed by atoms with Crippen molar-refractivity contribution in [2.45, 2.75) is 12.5 Å². The zero-order chi connectivity index (χ0) is 18.9. The van der Waals surface area contributed by atoms with Gasteiger partial charge < -0.3 is 15.4 Å². The normalized spacial score (nSPS) is 11.5. The molecule has 138 valence electrons. The van der Waals surface area contributed by atoms with Crippen molar-refractivity contribution in [3.63, 3.8) is 0 Å². The van der Waals surface area contributed by atoms with Gasteiger partial charge in [-0.2, -0.15) is 11.8 Å². The van der Waals surface area contributed by atoms with E-state index in [0.717, 1.165) is 5.75 Å². The van der Waals surface area contributed by atoms with Crippen LogP contribution in [-0.4, -0.2) is 37.0 Å². The molecule has 0 fully saturated rings. The molecule has 0 saturated carbocycles. The predicted molar refractivity (Wildman–Crippen MR) is 107 cm³/mol. The van der Waals surface area contributed by atoms with E-state index in [1.54, 1.807) is 54.2 Å². The summed E-state index contributed by atoms with van der Waals surface area (Å²) < 4.78 is 5.10. The minimum absolute atomic E-state index is 0.278. The summed E-state index contributed by atoms with van der Waals surface area (Å²) in [6.07, 6.45) is 2.48. The van der Waals surface area contributed by atoms with Gasteiger partial charge in [-0.15, -0.1) is 0 Å². The number of anilines is 1. The Bertz CT molecular complexity index is 756. The molecular weight excluding hydrogens is 372 g/mol. The number of rotatable bonds is 8. The van der Waals surface area contributed by atoms with Gasteiger partial charge in [0.1, 0.15) is 11.8 Å². The van der Waals surface area contributed by atoms with Crippen molar-refractivity contribution in [2.75, 3.05) is 24.4 Å². The van der Waals surface area contributed by atoms with Crippen molar-refractivity contribution in [3.05, 3.63) is 59.1 Å². The van der Waals surface area contributed by atoms with Gasteiger partial charge in [0.05, 0.1) is 12.1 Å². The number of hydrogen-bond acceptors (Lipinski definition) is 4. The molecule has 0 unspecified atom stereocenters. The highest BCUT2D eigenvalue weighted by Gasteiger charge is 2.21. The van der Waals surface area contributed by atoms with Crippen LogP contribution in [0.1, 0.15) is 16.8 Å². The topological polar surface area (TPSA) is 67.4 Å². The Balaban J connectivity index is 2.08. The van der Waals surface area contributed by atoms with E-state index in [9.17, 15) is 9.59 Å². The summed E-state index contributed by atoms with van der Waals surface area (Å²) in [6, 6.07) is 13.2. The average Bonchev–Trinajstić information content (AvgIpc) is 2.65. The van der Waals surface area contributed by atoms with Gasteiger partial charge >= 0.3 is 0 Å². The minimum Gasteiger partial charge on any atom is -0.495 e. The van der Waals surface area contributed by atoms with Crippen molar-refractivity contribution in [1.29, 1.82) is 0 Å². The molecule has 0 aliphatic heterocycles. The van der Waals surface area contributed by atoms with Gasteiger partial charge in [0.15, 0.2) is 0 Å². The van der Waals surface area contributed by atoms with Gasteiger partial charge in [-0.1, -0.05) is 29.8 Å². The summed E-state index contributed by atoms with van der Waals surface area (Å²) in [5.41, 5.74) is 1.06. The molecule has 1 atom stereocenters. The smallest absolute Gasteiger partial charge is 0.251 e. The molecule has 0 aliphatic rings. The van der Waals surface area contributed by atoms with Gasteiger partial charge in [-0.05, 0) is 48.8 Å². The van der Waals surface area contributed by atoms with Gasteiger partial charge in [-0.25, -0.2) is 0 Å². The number of benzene rings is 2. The SMILES string of the molecule is COc1ccc(NC(=O)[C@H](CCSC)NC(=O)c2ccccc2)cc1Cl. The fraction of sp³-hybridized carbons (Fsp3) is 0.263. The quantitative estimate of drug-likeness (QED) is 0.716. The first-order valence-electron chi connectivity index (χ1n) is 8.04. The second-order valence-corrected chi connectivity index (χ2v) is 6.90. The lowest BCUT2D eigenvalue weighted by atomic mass is 10.1. The lowest BCUT2D eigenvalue weighted by Crippen LogP contribution is -2.44. The first kappa shape index (κ1) is 20.1. The second kappa shape index (κ2) is 10.1. The van der Waals surface area contributed by atoms with Crippen LogP contribution >= 0.6 is 23.4 Å². The molecule has 2 amide bonds. The molecule has 0 aliphatic carbocycles. The summed E-state index contributed by atoms with van der Waals surface area (Å²) >= 11 is 7.71. The maximum atomic E-state index is 12.6. The Morgan fingerprint density at radius 1 is 1.19 bits per heavy atom. The molecule has 5 nitrogen and oxygen atoms in total. The van der Waals surface area contributed by atoms with Crippen LogP contribution in [0.15, 0.2) is 48.5 Å². The van der Waals surface area contributed by atoms with Crippen LogP contribution in [0.5, 0.6) is 5.75 Å². The molecule has 0 bridgehead atoms. The summed E-state index contributed by atoms with van der Waals surface area (Å²) in [5.74, 6) is 0.710. The number of ether oxygens (including phenoxy) is 1. The summed E-state index contributed by atoms with van der Waals surface area (Å²) in [7, 11) is 1.52. The van der Waals surface area contributed by atoms with Crippen LogP contribution in [0.25, 0.3) is 0 Å². The van der Waals surface area contributed by atoms with E-state index in [2.05, 4.69) is 10.6 Å². The van der Waals surface area contributed by atoms with E-state index in [1.807, 2.05) is 12.3 Å². The van der Waals surface area contributed by atoms with Crippen molar-refractivity contribution >= 4 is 40.9 Å². The molecule has 2 rings (SSSR count). The van der Waals surface area contributed by atoms with Crippen molar-refractivity contribution in [2.24, 2.45) is 0 Å². The van der Waals surface area contributed by atoms with Crippen LogP contribution in [-0.2, 0) is 4.79 Å². The largest absolute Gasteiger partial charge is 0.495 e. The third-order valence-corrected chi connectivity index (χ3v) is 4.63. The summed E-state index contributed by atoms with van der Waals surface area (Å²) in [6.45, 7) is 0. The molecule has 2 N–H and O–H groups in total. The molecule has 0 heterocycles. The van der Waals surface area contributed by atoms with Crippen LogP contribution in [0, 0.1) is 0 Å². The zero-order valence-electron chi connectivity index (χ0n) is 14.6. The van der Waals surface area contributed by atoms with Gasteiger partial charge in [-0.3, -0.25) is 9.59 Å². The number of methoxy groups -OCH3 is 1. The van der Waals surface area contributed by atoms with E-state index < -0.39 is 6.04 Å². The molecule has 2 aromatic carbocycles. The number of halogens is 1. The van der Waals surface area contributed by atoms with Crippen molar-refractivity contribution < 1.29 is 14.3 Å². The minimum atomic E-state index is -0.643. The number of hydrogen-bond donors (Lipinski definition) is 2. The van der Waals surface area contributed by atoms with Crippen molar-refractivity contribution in [1.82, 2.24) is 5.32 Å². The highest BCUT2D eigenvalue weighted by atomic mass is 35.5. The second-order valence-electron chi connectivity index (χ2n) is 5.51. The van der Waals surface area contributed by atoms with E-state index in [0.29, 0.717) is 28.4 Å². The first-order valence-corrected chi connectivity index (χ1v) is 9.81. The summed E-state index contributed by atoms with van der Waals surface area (Å²) in [4.78, 5) is 25.0. The Morgan fingerprint density at radius 3 is 2.54 bits per heavy atom. The van der Waals surface area contributed by atoms with Crippen LogP contribution in [0.2, 0.25) is 5.02 Å². The van der Waals surface area contributed by atoms with Crippen LogP contribution < -0.4 is 15.4 Å². The number of amides is 2. The van der Waals surface area contributed by atoms with Crippen LogP contribution in [0.4, 0.5) is 5.69 Å². The van der Waals surface area contributed by atoms with Gasteiger partial charge in [0.2, 0.25) is 5.91 Å². The lowest BCUT2D eigenvalue weighted by molar-refractivity contribution is -0.118. The Labute approximate surface area is 162 Å². The van der Waals surface area contributed by atoms with Crippen molar-refractivity contribution in [3.8, 4) is 5.75 Å². The van der Waals surface area contributed by atoms with E-state index in [1.165, 1.54) is 7.11 Å². The Morgan fingerprint density at radius 2 is 1.92 bits per heavy atom. The van der Waals surface area contributed by atoms with Crippen LogP contribution in [0.3, 0.4) is 0 Å². The molecular formula is C19H21ClN2O3S. The zero-order valence-corrected chi connectivity index (χ0v) is 16.2. The summed E-state index contributed by atoms with van der Waals surface area (Å²) in [5, 5.41) is 6.00. The number of carbonyl (C=O) groups excluding carboxylic acids is 2. The third kappa shape index (κ3) is 5.68. The fourth-order valence-corrected chi connectivity index (χ4v) is 3.04. The molecule has 0 aromatic heterocycles. The highest BCUT2D eigenvalue weighted by molar-refractivity contribution is 7.98. The highest BCUT2D eigenvalue weighted by Crippen LogP contribution is 2.27. The molecule has 0 radical (unpaired) electrons. The monoisotopic (exact) mass is 392 g/mol. The predicted octanol–water partition coefficient (Wildman–Crippen LogP) is 3.84. The first-order chi connectivity index (χ1) is 12.5. The average molecular weight is 393 g/mol. The fourth-order valence-electron chi connectivity index (χ4n) is 2.31. The van der Waals surface area contributed by atoms with E-state index >= 15 is 0 Å². The molecule has 0 spiro atoms.